The first-order chi connectivity index (χ1) is 13.5. The number of nitrogens with one attached hydrogen (secondary N) is 3. The maximum atomic E-state index is 6.09. The van der Waals surface area contributed by atoms with Crippen LogP contribution >= 0.6 is 24.0 Å². The molecule has 0 spiro atoms. The van der Waals surface area contributed by atoms with E-state index < -0.39 is 0 Å². The predicted octanol–water partition coefficient (Wildman–Crippen LogP) is 4.72. The van der Waals surface area contributed by atoms with E-state index in [-0.39, 0.29) is 29.4 Å². The first-order valence-electron chi connectivity index (χ1n) is 10.6. The second kappa shape index (κ2) is 11.2. The number of fused-ring (bicyclic) bond motifs is 1. The molecule has 2 unspecified atom stereocenters. The van der Waals surface area contributed by atoms with E-state index in [1.54, 1.807) is 0 Å². The number of halogens is 1. The molecule has 0 amide bonds. The number of H-pyrrole nitrogens is 1. The second-order valence-corrected chi connectivity index (χ2v) is 8.90. The highest BCUT2D eigenvalue weighted by atomic mass is 127. The number of ether oxygens (including phenoxy) is 1. The van der Waals surface area contributed by atoms with Crippen molar-refractivity contribution in [2.45, 2.75) is 52.6 Å². The highest BCUT2D eigenvalue weighted by molar-refractivity contribution is 14.0. The quantitative estimate of drug-likeness (QED) is 0.227. The van der Waals surface area contributed by atoms with Gasteiger partial charge in [0.25, 0.3) is 0 Å². The van der Waals surface area contributed by atoms with Crippen LogP contribution in [0.2, 0.25) is 0 Å². The Balaban J connectivity index is 0.00000300. The zero-order valence-corrected chi connectivity index (χ0v) is 20.6. The zero-order valence-electron chi connectivity index (χ0n) is 18.3. The summed E-state index contributed by atoms with van der Waals surface area (Å²) in [7, 11) is 1.84. The molecular formula is C23H37IN4O. The van der Waals surface area contributed by atoms with Gasteiger partial charge in [-0.3, -0.25) is 4.99 Å². The molecule has 5 nitrogen and oxygen atoms in total. The van der Waals surface area contributed by atoms with E-state index in [4.69, 9.17) is 4.74 Å². The third-order valence-electron chi connectivity index (χ3n) is 5.64. The molecule has 1 aliphatic rings. The SMILES string of the molecule is CN=C(NCCCc1c[nH]c2ccccc12)NCC1CCCOC1C(C)(C)C.I. The van der Waals surface area contributed by atoms with E-state index in [2.05, 4.69) is 71.8 Å². The number of aryl methyl sites for hydroxylation is 1. The van der Waals surface area contributed by atoms with Crippen molar-refractivity contribution >= 4 is 40.8 Å². The Morgan fingerprint density at radius 2 is 2.03 bits per heavy atom. The fraction of sp³-hybridized carbons (Fsp3) is 0.609. The van der Waals surface area contributed by atoms with Crippen LogP contribution in [0.4, 0.5) is 0 Å². The summed E-state index contributed by atoms with van der Waals surface area (Å²) in [6, 6.07) is 8.49. The van der Waals surface area contributed by atoms with Crippen LogP contribution < -0.4 is 10.6 Å². The lowest BCUT2D eigenvalue weighted by molar-refractivity contribution is -0.0835. The van der Waals surface area contributed by atoms with Gasteiger partial charge in [-0.1, -0.05) is 39.0 Å². The van der Waals surface area contributed by atoms with Crippen LogP contribution in [0.15, 0.2) is 35.5 Å². The van der Waals surface area contributed by atoms with E-state index in [1.165, 1.54) is 22.9 Å². The minimum Gasteiger partial charge on any atom is -0.377 e. The number of guanidine groups is 1. The summed E-state index contributed by atoms with van der Waals surface area (Å²) in [5, 5.41) is 8.31. The predicted molar refractivity (Wildman–Crippen MR) is 133 cm³/mol. The Bertz CT molecular complexity index is 781. The second-order valence-electron chi connectivity index (χ2n) is 8.90. The number of aromatic amines is 1. The van der Waals surface area contributed by atoms with Crippen molar-refractivity contribution in [3.05, 3.63) is 36.0 Å². The minimum atomic E-state index is 0. The molecule has 2 atom stereocenters. The summed E-state index contributed by atoms with van der Waals surface area (Å²) in [5.74, 6) is 1.41. The normalized spacial score (nSPS) is 20.3. The van der Waals surface area contributed by atoms with E-state index in [9.17, 15) is 0 Å². The lowest BCUT2D eigenvalue weighted by Crippen LogP contribution is -2.47. The van der Waals surface area contributed by atoms with Gasteiger partial charge < -0.3 is 20.4 Å². The minimum absolute atomic E-state index is 0. The number of aliphatic imine (C=N–C) groups is 1. The van der Waals surface area contributed by atoms with Crippen LogP contribution in [-0.4, -0.2) is 43.8 Å². The topological polar surface area (TPSA) is 61.4 Å². The summed E-state index contributed by atoms with van der Waals surface area (Å²) in [6.45, 7) is 9.52. The Labute approximate surface area is 192 Å². The number of para-hydroxylation sites is 1. The van der Waals surface area contributed by atoms with Crippen molar-refractivity contribution in [3.8, 4) is 0 Å². The summed E-state index contributed by atoms with van der Waals surface area (Å²) < 4.78 is 6.09. The molecule has 1 aromatic heterocycles. The summed E-state index contributed by atoms with van der Waals surface area (Å²) in [5.41, 5.74) is 2.77. The molecular weight excluding hydrogens is 475 g/mol. The zero-order chi connectivity index (χ0) is 20.0. The average Bonchev–Trinajstić information content (AvgIpc) is 3.10. The van der Waals surface area contributed by atoms with Crippen molar-refractivity contribution in [1.29, 1.82) is 0 Å². The van der Waals surface area contributed by atoms with E-state index in [0.29, 0.717) is 12.0 Å². The first kappa shape index (κ1) is 24.0. The first-order valence-corrected chi connectivity index (χ1v) is 10.6. The van der Waals surface area contributed by atoms with Crippen LogP contribution in [-0.2, 0) is 11.2 Å². The monoisotopic (exact) mass is 512 g/mol. The van der Waals surface area contributed by atoms with Crippen LogP contribution in [0.1, 0.15) is 45.6 Å². The standard InChI is InChI=1S/C23H36N4O.HI/c1-23(2,3)21-18(10-8-14-28-21)16-27-22(24-4)25-13-7-9-17-15-26-20-12-6-5-11-19(17)20;/h5-6,11-12,15,18,21,26H,7-10,13-14,16H2,1-4H3,(H2,24,25,27);1H. The maximum absolute atomic E-state index is 6.09. The summed E-state index contributed by atoms with van der Waals surface area (Å²) in [6.07, 6.45) is 6.92. The molecule has 0 radical (unpaired) electrons. The van der Waals surface area contributed by atoms with Crippen molar-refractivity contribution < 1.29 is 4.74 Å². The van der Waals surface area contributed by atoms with Gasteiger partial charge in [0, 0.05) is 49.8 Å². The highest BCUT2D eigenvalue weighted by Crippen LogP contribution is 2.33. The molecule has 162 valence electrons. The van der Waals surface area contributed by atoms with Crippen LogP contribution in [0, 0.1) is 11.3 Å². The smallest absolute Gasteiger partial charge is 0.190 e. The Morgan fingerprint density at radius 1 is 1.24 bits per heavy atom. The van der Waals surface area contributed by atoms with Crippen LogP contribution in [0.25, 0.3) is 10.9 Å². The van der Waals surface area contributed by atoms with Gasteiger partial charge in [-0.25, -0.2) is 0 Å². The van der Waals surface area contributed by atoms with E-state index in [0.717, 1.165) is 44.9 Å². The van der Waals surface area contributed by atoms with Crippen molar-refractivity contribution in [2.24, 2.45) is 16.3 Å². The highest BCUT2D eigenvalue weighted by Gasteiger charge is 2.35. The molecule has 6 heteroatoms. The van der Waals surface area contributed by atoms with Crippen LogP contribution in [0.3, 0.4) is 0 Å². The lowest BCUT2D eigenvalue weighted by Gasteiger charge is -2.40. The molecule has 1 saturated heterocycles. The molecule has 1 fully saturated rings. The molecule has 1 aliphatic heterocycles. The molecule has 0 saturated carbocycles. The molecule has 29 heavy (non-hydrogen) atoms. The number of rotatable bonds is 6. The molecule has 0 aliphatic carbocycles. The van der Waals surface area contributed by atoms with Gasteiger partial charge in [0.15, 0.2) is 5.96 Å². The molecule has 3 N–H and O–H groups in total. The number of hydrogen-bond donors (Lipinski definition) is 3. The average molecular weight is 512 g/mol. The van der Waals surface area contributed by atoms with E-state index in [1.807, 2.05) is 7.05 Å². The fourth-order valence-corrected chi connectivity index (χ4v) is 4.28. The van der Waals surface area contributed by atoms with Gasteiger partial charge >= 0.3 is 0 Å². The van der Waals surface area contributed by atoms with Crippen LogP contribution in [0.5, 0.6) is 0 Å². The van der Waals surface area contributed by atoms with Gasteiger partial charge in [-0.15, -0.1) is 24.0 Å². The molecule has 2 heterocycles. The van der Waals surface area contributed by atoms with Gasteiger partial charge in [0.1, 0.15) is 0 Å². The fourth-order valence-electron chi connectivity index (χ4n) is 4.28. The van der Waals surface area contributed by atoms with Crippen molar-refractivity contribution in [1.82, 2.24) is 15.6 Å². The number of hydrogen-bond acceptors (Lipinski definition) is 2. The van der Waals surface area contributed by atoms with Gasteiger partial charge in [0.05, 0.1) is 6.10 Å². The lowest BCUT2D eigenvalue weighted by atomic mass is 9.78. The Morgan fingerprint density at radius 3 is 2.79 bits per heavy atom. The molecule has 1 aromatic carbocycles. The maximum Gasteiger partial charge on any atom is 0.190 e. The Hall–Kier alpha value is -1.28. The number of benzene rings is 1. The summed E-state index contributed by atoms with van der Waals surface area (Å²) in [4.78, 5) is 7.75. The van der Waals surface area contributed by atoms with Gasteiger partial charge in [-0.05, 0) is 42.7 Å². The van der Waals surface area contributed by atoms with Crippen molar-refractivity contribution in [3.63, 3.8) is 0 Å². The van der Waals surface area contributed by atoms with E-state index >= 15 is 0 Å². The van der Waals surface area contributed by atoms with Gasteiger partial charge in [0.2, 0.25) is 0 Å². The largest absolute Gasteiger partial charge is 0.377 e. The third-order valence-corrected chi connectivity index (χ3v) is 5.64. The molecule has 3 rings (SSSR count). The molecule has 0 bridgehead atoms. The number of nitrogens with zero attached hydrogens (tertiary/aromatic N) is 1. The third kappa shape index (κ3) is 6.60. The summed E-state index contributed by atoms with van der Waals surface area (Å²) >= 11 is 0. The Kier molecular flexibility index (Phi) is 9.27. The molecule has 2 aromatic rings. The van der Waals surface area contributed by atoms with Gasteiger partial charge in [-0.2, -0.15) is 0 Å². The number of aromatic nitrogens is 1. The van der Waals surface area contributed by atoms with Crippen molar-refractivity contribution in [2.75, 3.05) is 26.7 Å².